The molecule has 0 aromatic heterocycles. The van der Waals surface area contributed by atoms with Crippen LogP contribution in [-0.2, 0) is 4.74 Å². The summed E-state index contributed by atoms with van der Waals surface area (Å²) in [4.78, 5) is 2.34. The van der Waals surface area contributed by atoms with E-state index in [2.05, 4.69) is 18.7 Å². The molecule has 3 atom stereocenters. The van der Waals surface area contributed by atoms with E-state index in [0.717, 1.165) is 38.9 Å². The number of hydrogen-bond donors (Lipinski definition) is 2. The summed E-state index contributed by atoms with van der Waals surface area (Å²) < 4.78 is 5.79. The van der Waals surface area contributed by atoms with Crippen LogP contribution < -0.4 is 0 Å². The average molecular weight is 243 g/mol. The van der Waals surface area contributed by atoms with E-state index in [1.54, 1.807) is 0 Å². The first-order chi connectivity index (χ1) is 8.00. The second-order valence-electron chi connectivity index (χ2n) is 6.13. The van der Waals surface area contributed by atoms with Crippen molar-refractivity contribution in [2.75, 3.05) is 26.2 Å². The molecule has 2 rings (SSSR count). The normalized spacial score (nSPS) is 38.5. The number of nitrogens with zero attached hydrogens (tertiary/aromatic N) is 1. The summed E-state index contributed by atoms with van der Waals surface area (Å²) in [5, 5.41) is 19.1. The van der Waals surface area contributed by atoms with Gasteiger partial charge in [-0.25, -0.2) is 0 Å². The van der Waals surface area contributed by atoms with Gasteiger partial charge in [0.2, 0.25) is 0 Å². The maximum Gasteiger partial charge on any atom is 0.0940 e. The first-order valence-corrected chi connectivity index (χ1v) is 6.69. The Morgan fingerprint density at radius 1 is 1.35 bits per heavy atom. The first kappa shape index (κ1) is 13.3. The summed E-state index contributed by atoms with van der Waals surface area (Å²) in [5.74, 6) is 0.406. The molecule has 100 valence electrons. The van der Waals surface area contributed by atoms with Gasteiger partial charge in [-0.15, -0.1) is 0 Å². The molecule has 4 nitrogen and oxygen atoms in total. The van der Waals surface area contributed by atoms with E-state index in [1.165, 1.54) is 0 Å². The average Bonchev–Trinajstić information content (AvgIpc) is 2.62. The molecule has 2 aliphatic rings. The van der Waals surface area contributed by atoms with Gasteiger partial charge in [-0.3, -0.25) is 4.90 Å². The van der Waals surface area contributed by atoms with Crippen LogP contribution in [0.3, 0.4) is 0 Å². The van der Waals surface area contributed by atoms with Crippen LogP contribution >= 0.6 is 0 Å². The van der Waals surface area contributed by atoms with E-state index >= 15 is 0 Å². The van der Waals surface area contributed by atoms with Crippen molar-refractivity contribution >= 4 is 0 Å². The van der Waals surface area contributed by atoms with E-state index in [9.17, 15) is 10.2 Å². The molecule has 1 saturated carbocycles. The lowest BCUT2D eigenvalue weighted by Crippen LogP contribution is -2.55. The fraction of sp³-hybridized carbons (Fsp3) is 1.00. The van der Waals surface area contributed by atoms with Crippen molar-refractivity contribution in [2.45, 2.75) is 50.9 Å². The van der Waals surface area contributed by atoms with Gasteiger partial charge in [-0.1, -0.05) is 6.42 Å². The zero-order valence-corrected chi connectivity index (χ0v) is 10.9. The Kier molecular flexibility index (Phi) is 4.08. The molecule has 4 heteroatoms. The molecule has 1 aliphatic carbocycles. The summed E-state index contributed by atoms with van der Waals surface area (Å²) >= 11 is 0. The molecule has 0 aromatic carbocycles. The highest BCUT2D eigenvalue weighted by atomic mass is 16.5. The third-order valence-corrected chi connectivity index (χ3v) is 3.87. The van der Waals surface area contributed by atoms with Gasteiger partial charge < -0.3 is 14.9 Å². The summed E-state index contributed by atoms with van der Waals surface area (Å²) in [6.45, 7) is 6.80. The summed E-state index contributed by atoms with van der Waals surface area (Å²) in [6.07, 6.45) is 3.00. The minimum absolute atomic E-state index is 0.0765. The highest BCUT2D eigenvalue weighted by Crippen LogP contribution is 2.28. The topological polar surface area (TPSA) is 52.9 Å². The molecular formula is C13H25NO3. The Hall–Kier alpha value is -0.160. The minimum Gasteiger partial charge on any atom is -0.394 e. The quantitative estimate of drug-likeness (QED) is 0.763. The minimum atomic E-state index is -0.199. The van der Waals surface area contributed by atoms with Crippen molar-refractivity contribution < 1.29 is 14.9 Å². The largest absolute Gasteiger partial charge is 0.394 e. The second-order valence-corrected chi connectivity index (χ2v) is 6.13. The van der Waals surface area contributed by atoms with Crippen LogP contribution in [0.1, 0.15) is 33.1 Å². The van der Waals surface area contributed by atoms with Crippen molar-refractivity contribution in [3.8, 4) is 0 Å². The van der Waals surface area contributed by atoms with Gasteiger partial charge in [0.15, 0.2) is 0 Å². The van der Waals surface area contributed by atoms with Crippen molar-refractivity contribution in [3.63, 3.8) is 0 Å². The van der Waals surface area contributed by atoms with Crippen molar-refractivity contribution in [1.82, 2.24) is 4.90 Å². The Morgan fingerprint density at radius 2 is 2.12 bits per heavy atom. The van der Waals surface area contributed by atoms with Crippen molar-refractivity contribution in [2.24, 2.45) is 5.92 Å². The predicted molar refractivity (Wildman–Crippen MR) is 65.8 cm³/mol. The molecule has 0 bridgehead atoms. The number of hydrogen-bond acceptors (Lipinski definition) is 4. The van der Waals surface area contributed by atoms with Gasteiger partial charge in [0.25, 0.3) is 0 Å². The molecule has 1 aliphatic heterocycles. The van der Waals surface area contributed by atoms with Crippen LogP contribution in [0, 0.1) is 5.92 Å². The van der Waals surface area contributed by atoms with Crippen LogP contribution in [0.5, 0.6) is 0 Å². The number of aliphatic hydroxyl groups excluding tert-OH is 2. The van der Waals surface area contributed by atoms with E-state index in [-0.39, 0.29) is 24.4 Å². The van der Waals surface area contributed by atoms with Crippen molar-refractivity contribution in [1.29, 1.82) is 0 Å². The van der Waals surface area contributed by atoms with E-state index in [0.29, 0.717) is 5.92 Å². The molecular weight excluding hydrogens is 218 g/mol. The van der Waals surface area contributed by atoms with Gasteiger partial charge >= 0.3 is 0 Å². The molecule has 0 radical (unpaired) electrons. The lowest BCUT2D eigenvalue weighted by Gasteiger charge is -2.43. The van der Waals surface area contributed by atoms with Crippen molar-refractivity contribution in [3.05, 3.63) is 0 Å². The molecule has 1 heterocycles. The summed E-state index contributed by atoms with van der Waals surface area (Å²) in [5.41, 5.74) is -0.199. The van der Waals surface area contributed by atoms with Gasteiger partial charge in [0.05, 0.1) is 24.4 Å². The lowest BCUT2D eigenvalue weighted by atomic mass is 10.0. The van der Waals surface area contributed by atoms with Gasteiger partial charge in [-0.2, -0.15) is 0 Å². The van der Waals surface area contributed by atoms with Crippen LogP contribution in [0.25, 0.3) is 0 Å². The maximum absolute atomic E-state index is 9.87. The molecule has 2 fully saturated rings. The highest BCUT2D eigenvalue weighted by molar-refractivity contribution is 4.87. The Morgan fingerprint density at radius 3 is 2.71 bits per heavy atom. The van der Waals surface area contributed by atoms with Gasteiger partial charge in [-0.05, 0) is 32.6 Å². The van der Waals surface area contributed by atoms with E-state index < -0.39 is 0 Å². The number of ether oxygens (including phenoxy) is 1. The maximum atomic E-state index is 9.87. The van der Waals surface area contributed by atoms with E-state index in [1.807, 2.05) is 0 Å². The molecule has 3 unspecified atom stereocenters. The van der Waals surface area contributed by atoms with Crippen LogP contribution in [-0.4, -0.2) is 59.2 Å². The Bertz CT molecular complexity index is 257. The lowest BCUT2D eigenvalue weighted by molar-refractivity contribution is -0.152. The number of rotatable bonds is 3. The Balaban J connectivity index is 1.91. The molecule has 0 spiro atoms. The molecule has 2 N–H and O–H groups in total. The zero-order chi connectivity index (χ0) is 12.5. The predicted octanol–water partition coefficient (Wildman–Crippen LogP) is 0.619. The molecule has 17 heavy (non-hydrogen) atoms. The van der Waals surface area contributed by atoms with Gasteiger partial charge in [0, 0.05) is 19.6 Å². The third-order valence-electron chi connectivity index (χ3n) is 3.87. The van der Waals surface area contributed by atoms with E-state index in [4.69, 9.17) is 4.74 Å². The molecule has 0 aromatic rings. The van der Waals surface area contributed by atoms with Crippen LogP contribution in [0.15, 0.2) is 0 Å². The highest BCUT2D eigenvalue weighted by Gasteiger charge is 2.35. The fourth-order valence-corrected chi connectivity index (χ4v) is 3.21. The molecule has 1 saturated heterocycles. The van der Waals surface area contributed by atoms with Crippen LogP contribution in [0.4, 0.5) is 0 Å². The Labute approximate surface area is 104 Å². The standard InChI is InChI=1S/C13H25NO3/c1-13(2)9-14(7-11(8-15)17-13)6-10-4-3-5-12(10)16/h10-12,15-16H,3-9H2,1-2H3. The third kappa shape index (κ3) is 3.41. The SMILES string of the molecule is CC1(C)CN(CC2CCCC2O)CC(CO)O1. The van der Waals surface area contributed by atoms with Gasteiger partial charge in [0.1, 0.15) is 0 Å². The second kappa shape index (κ2) is 5.22. The monoisotopic (exact) mass is 243 g/mol. The zero-order valence-electron chi connectivity index (χ0n) is 10.9. The summed E-state index contributed by atoms with van der Waals surface area (Å²) in [6, 6.07) is 0. The fourth-order valence-electron chi connectivity index (χ4n) is 3.21. The number of aliphatic hydroxyl groups is 2. The number of morpholine rings is 1. The van der Waals surface area contributed by atoms with Crippen LogP contribution in [0.2, 0.25) is 0 Å². The first-order valence-electron chi connectivity index (χ1n) is 6.69. The smallest absolute Gasteiger partial charge is 0.0940 e. The molecule has 0 amide bonds. The summed E-state index contributed by atoms with van der Waals surface area (Å²) in [7, 11) is 0.